The third kappa shape index (κ3) is 4.53. The summed E-state index contributed by atoms with van der Waals surface area (Å²) >= 11 is 1.32. The van der Waals surface area contributed by atoms with E-state index in [0.717, 1.165) is 0 Å². The summed E-state index contributed by atoms with van der Waals surface area (Å²) in [5.41, 5.74) is 0.902. The predicted octanol–water partition coefficient (Wildman–Crippen LogP) is 3.51. The second-order valence-electron chi connectivity index (χ2n) is 5.61. The van der Waals surface area contributed by atoms with Crippen molar-refractivity contribution in [2.24, 2.45) is 0 Å². The summed E-state index contributed by atoms with van der Waals surface area (Å²) in [5.74, 6) is 0.661. The molecule has 1 aromatic carbocycles. The second-order valence-corrected chi connectivity index (χ2v) is 6.47. The van der Waals surface area contributed by atoms with E-state index in [-0.39, 0.29) is 18.4 Å². The number of carbonyl (C=O) groups is 2. The number of nitrogens with one attached hydrogen (secondary N) is 1. The van der Waals surface area contributed by atoms with Gasteiger partial charge in [0.2, 0.25) is 5.91 Å². The lowest BCUT2D eigenvalue weighted by Gasteiger charge is -2.19. The molecule has 0 saturated heterocycles. The average molecular weight is 385 g/mol. The molecule has 0 radical (unpaired) electrons. The van der Waals surface area contributed by atoms with Crippen LogP contribution in [0.1, 0.15) is 17.4 Å². The molecule has 0 aliphatic heterocycles. The molecule has 3 rings (SSSR count). The van der Waals surface area contributed by atoms with Crippen LogP contribution in [0.15, 0.2) is 52.5 Å². The zero-order valence-electron chi connectivity index (χ0n) is 15.0. The molecule has 0 fully saturated rings. The highest BCUT2D eigenvalue weighted by Crippen LogP contribution is 2.24. The summed E-state index contributed by atoms with van der Waals surface area (Å²) < 4.78 is 10.4. The summed E-state index contributed by atoms with van der Waals surface area (Å²) in [6.45, 7) is 2.13. The van der Waals surface area contributed by atoms with Crippen molar-refractivity contribution in [1.82, 2.24) is 9.88 Å². The smallest absolute Gasteiger partial charge is 0.273 e. The van der Waals surface area contributed by atoms with Gasteiger partial charge in [-0.15, -0.1) is 11.3 Å². The lowest BCUT2D eigenvalue weighted by Crippen LogP contribution is -2.38. The van der Waals surface area contributed by atoms with E-state index in [2.05, 4.69) is 10.3 Å². The molecule has 0 unspecified atom stereocenters. The Bertz CT molecular complexity index is 921. The molecule has 0 saturated carbocycles. The largest absolute Gasteiger partial charge is 0.497 e. The van der Waals surface area contributed by atoms with Gasteiger partial charge < -0.3 is 19.4 Å². The molecule has 0 bridgehead atoms. The standard InChI is InChI=1S/C19H19N3O4S/c1-3-22(11-17(23)20-13-6-4-7-14(10-13)25-2)19(24)15-12-27-18(21-15)16-8-5-9-26-16/h4-10,12H,3,11H2,1-2H3,(H,20,23). The van der Waals surface area contributed by atoms with Gasteiger partial charge in [-0.3, -0.25) is 9.59 Å². The first-order valence-electron chi connectivity index (χ1n) is 8.33. The Hall–Kier alpha value is -3.13. The second kappa shape index (κ2) is 8.50. The van der Waals surface area contributed by atoms with Gasteiger partial charge >= 0.3 is 0 Å². The molecular weight excluding hydrogens is 366 g/mol. The van der Waals surface area contributed by atoms with Gasteiger partial charge in [0.05, 0.1) is 13.4 Å². The lowest BCUT2D eigenvalue weighted by atomic mass is 10.3. The van der Waals surface area contributed by atoms with Crippen molar-refractivity contribution in [1.29, 1.82) is 0 Å². The first-order valence-corrected chi connectivity index (χ1v) is 9.21. The number of carbonyl (C=O) groups excluding carboxylic acids is 2. The molecule has 0 aliphatic carbocycles. The Balaban J connectivity index is 1.65. The van der Waals surface area contributed by atoms with Gasteiger partial charge in [0, 0.05) is 23.7 Å². The number of amides is 2. The fourth-order valence-electron chi connectivity index (χ4n) is 2.45. The van der Waals surface area contributed by atoms with E-state index in [1.807, 2.05) is 6.92 Å². The summed E-state index contributed by atoms with van der Waals surface area (Å²) in [5, 5.41) is 5.06. The minimum atomic E-state index is -0.299. The van der Waals surface area contributed by atoms with Crippen LogP contribution < -0.4 is 10.1 Å². The Kier molecular flexibility index (Phi) is 5.87. The van der Waals surface area contributed by atoms with Crippen LogP contribution in [0.4, 0.5) is 5.69 Å². The summed E-state index contributed by atoms with van der Waals surface area (Å²) in [6.07, 6.45) is 1.56. The average Bonchev–Trinajstić information content (AvgIpc) is 3.37. The number of ether oxygens (including phenoxy) is 1. The Morgan fingerprint density at radius 1 is 1.30 bits per heavy atom. The van der Waals surface area contributed by atoms with Gasteiger partial charge in [0.25, 0.3) is 5.91 Å². The van der Waals surface area contributed by atoms with Crippen LogP contribution in [0.25, 0.3) is 10.8 Å². The van der Waals surface area contributed by atoms with Gasteiger partial charge in [-0.2, -0.15) is 0 Å². The minimum Gasteiger partial charge on any atom is -0.497 e. The number of furan rings is 1. The molecule has 2 heterocycles. The highest BCUT2D eigenvalue weighted by molar-refractivity contribution is 7.13. The van der Waals surface area contributed by atoms with E-state index in [9.17, 15) is 9.59 Å². The molecular formula is C19H19N3O4S. The number of likely N-dealkylation sites (N-methyl/N-ethyl adjacent to an activating group) is 1. The van der Waals surface area contributed by atoms with Crippen LogP contribution in [0.2, 0.25) is 0 Å². The van der Waals surface area contributed by atoms with E-state index in [4.69, 9.17) is 9.15 Å². The summed E-state index contributed by atoms with van der Waals surface area (Å²) in [4.78, 5) is 30.8. The van der Waals surface area contributed by atoms with Crippen LogP contribution in [0, 0.1) is 0 Å². The van der Waals surface area contributed by atoms with Gasteiger partial charge in [0.15, 0.2) is 10.8 Å². The van der Waals surface area contributed by atoms with Crippen molar-refractivity contribution in [3.05, 3.63) is 53.7 Å². The molecule has 7 nitrogen and oxygen atoms in total. The Morgan fingerprint density at radius 3 is 2.85 bits per heavy atom. The highest BCUT2D eigenvalue weighted by Gasteiger charge is 2.21. The van der Waals surface area contributed by atoms with Gasteiger partial charge in [-0.05, 0) is 31.2 Å². The molecule has 2 amide bonds. The molecule has 1 N–H and O–H groups in total. The number of benzene rings is 1. The monoisotopic (exact) mass is 385 g/mol. The van der Waals surface area contributed by atoms with E-state index < -0.39 is 0 Å². The maximum absolute atomic E-state index is 12.7. The van der Waals surface area contributed by atoms with E-state index in [1.54, 1.807) is 55.2 Å². The fraction of sp³-hybridized carbons (Fsp3) is 0.211. The zero-order valence-corrected chi connectivity index (χ0v) is 15.8. The molecule has 2 aromatic heterocycles. The lowest BCUT2D eigenvalue weighted by molar-refractivity contribution is -0.116. The predicted molar refractivity (Wildman–Crippen MR) is 103 cm³/mol. The van der Waals surface area contributed by atoms with E-state index in [0.29, 0.717) is 34.4 Å². The van der Waals surface area contributed by atoms with Crippen LogP contribution in [-0.2, 0) is 4.79 Å². The Morgan fingerprint density at radius 2 is 2.15 bits per heavy atom. The third-order valence-corrected chi connectivity index (χ3v) is 4.67. The van der Waals surface area contributed by atoms with Crippen molar-refractivity contribution in [3.63, 3.8) is 0 Å². The van der Waals surface area contributed by atoms with E-state index >= 15 is 0 Å². The maximum atomic E-state index is 12.7. The molecule has 0 aliphatic rings. The third-order valence-electron chi connectivity index (χ3n) is 3.81. The van der Waals surface area contributed by atoms with Crippen LogP contribution in [-0.4, -0.2) is 41.9 Å². The summed E-state index contributed by atoms with van der Waals surface area (Å²) in [7, 11) is 1.56. The fourth-order valence-corrected chi connectivity index (χ4v) is 3.21. The van der Waals surface area contributed by atoms with Crippen LogP contribution in [0.5, 0.6) is 5.75 Å². The number of nitrogens with zero attached hydrogens (tertiary/aromatic N) is 2. The molecule has 0 spiro atoms. The SMILES string of the molecule is CCN(CC(=O)Nc1cccc(OC)c1)C(=O)c1csc(-c2ccco2)n1. The van der Waals surface area contributed by atoms with E-state index in [1.165, 1.54) is 16.2 Å². The zero-order chi connectivity index (χ0) is 19.2. The number of hydrogen-bond donors (Lipinski definition) is 1. The quantitative estimate of drug-likeness (QED) is 0.673. The topological polar surface area (TPSA) is 84.7 Å². The molecule has 140 valence electrons. The number of thiazole rings is 1. The van der Waals surface area contributed by atoms with Crippen LogP contribution in [0.3, 0.4) is 0 Å². The van der Waals surface area contributed by atoms with Crippen molar-refractivity contribution < 1.29 is 18.7 Å². The van der Waals surface area contributed by atoms with Crippen LogP contribution >= 0.6 is 11.3 Å². The van der Waals surface area contributed by atoms with Crippen molar-refractivity contribution in [3.8, 4) is 16.5 Å². The van der Waals surface area contributed by atoms with Crippen molar-refractivity contribution >= 4 is 28.8 Å². The van der Waals surface area contributed by atoms with Gasteiger partial charge in [-0.25, -0.2) is 4.98 Å². The van der Waals surface area contributed by atoms with Gasteiger partial charge in [0.1, 0.15) is 18.0 Å². The normalized spacial score (nSPS) is 10.4. The summed E-state index contributed by atoms with van der Waals surface area (Å²) in [6, 6.07) is 10.6. The minimum absolute atomic E-state index is 0.0693. The molecule has 3 aromatic rings. The van der Waals surface area contributed by atoms with Gasteiger partial charge in [-0.1, -0.05) is 6.07 Å². The first kappa shape index (κ1) is 18.7. The first-order chi connectivity index (χ1) is 13.1. The van der Waals surface area contributed by atoms with Crippen molar-refractivity contribution in [2.75, 3.05) is 25.5 Å². The number of methoxy groups -OCH3 is 1. The Labute approximate surface area is 160 Å². The maximum Gasteiger partial charge on any atom is 0.273 e. The highest BCUT2D eigenvalue weighted by atomic mass is 32.1. The number of anilines is 1. The molecule has 0 atom stereocenters. The van der Waals surface area contributed by atoms with Crippen molar-refractivity contribution in [2.45, 2.75) is 6.92 Å². The molecule has 8 heteroatoms. The number of rotatable bonds is 7. The number of hydrogen-bond acceptors (Lipinski definition) is 6. The number of aromatic nitrogens is 1. The molecule has 27 heavy (non-hydrogen) atoms.